The third-order valence-corrected chi connectivity index (χ3v) is 3.42. The minimum Gasteiger partial charge on any atom is -0.333 e. The van der Waals surface area contributed by atoms with E-state index in [2.05, 4.69) is 25.7 Å². The number of hydrogen-bond donors (Lipinski definition) is 2. The number of carbonyl (C=O) groups is 1. The summed E-state index contributed by atoms with van der Waals surface area (Å²) in [6.45, 7) is 0.471. The molecule has 3 heterocycles. The lowest BCUT2D eigenvalue weighted by Crippen LogP contribution is -2.43. The average Bonchev–Trinajstić information content (AvgIpc) is 2.94. The second-order valence-electron chi connectivity index (χ2n) is 5.10. The van der Waals surface area contributed by atoms with Gasteiger partial charge in [-0.2, -0.15) is 18.3 Å². The topological polar surface area (TPSA) is 84.7 Å². The molecule has 0 fully saturated rings. The zero-order valence-electron chi connectivity index (χ0n) is 11.8. The number of nitrogens with one attached hydrogen (secondary N) is 2. The van der Waals surface area contributed by atoms with Gasteiger partial charge in [0.1, 0.15) is 23.7 Å². The molecule has 0 radical (unpaired) electrons. The van der Waals surface area contributed by atoms with E-state index in [4.69, 9.17) is 0 Å². The second-order valence-corrected chi connectivity index (χ2v) is 5.10. The molecule has 0 spiro atoms. The van der Waals surface area contributed by atoms with Gasteiger partial charge in [-0.05, 0) is 18.6 Å². The van der Waals surface area contributed by atoms with Crippen molar-refractivity contribution in [1.82, 2.24) is 25.1 Å². The van der Waals surface area contributed by atoms with E-state index >= 15 is 0 Å². The van der Waals surface area contributed by atoms with Gasteiger partial charge < -0.3 is 5.32 Å². The van der Waals surface area contributed by atoms with Gasteiger partial charge in [-0.25, -0.2) is 19.4 Å². The van der Waals surface area contributed by atoms with Crippen molar-refractivity contribution >= 4 is 11.8 Å². The lowest BCUT2D eigenvalue weighted by atomic mass is 10.1. The van der Waals surface area contributed by atoms with Crippen LogP contribution in [0.3, 0.4) is 0 Å². The van der Waals surface area contributed by atoms with Crippen LogP contribution in [-0.4, -0.2) is 31.8 Å². The van der Waals surface area contributed by atoms with E-state index in [1.165, 1.54) is 18.5 Å². The number of carbonyl (C=O) groups excluding carboxylic acids is 1. The molecule has 0 saturated heterocycles. The highest BCUT2D eigenvalue weighted by molar-refractivity contribution is 5.88. The summed E-state index contributed by atoms with van der Waals surface area (Å²) in [5, 5.41) is 9.04. The van der Waals surface area contributed by atoms with Gasteiger partial charge >= 0.3 is 12.2 Å². The smallest absolute Gasteiger partial charge is 0.333 e. The molecule has 10 heteroatoms. The van der Waals surface area contributed by atoms with Gasteiger partial charge in [-0.1, -0.05) is 6.07 Å². The molecule has 2 aromatic heterocycles. The second kappa shape index (κ2) is 5.86. The molecule has 122 valence electrons. The summed E-state index contributed by atoms with van der Waals surface area (Å²) >= 11 is 0. The zero-order chi connectivity index (χ0) is 16.4. The molecule has 1 aliphatic heterocycles. The van der Waals surface area contributed by atoms with Crippen molar-refractivity contribution in [3.8, 4) is 0 Å². The Balaban J connectivity index is 1.60. The van der Waals surface area contributed by atoms with Gasteiger partial charge in [0.25, 0.3) is 0 Å². The Kier molecular flexibility index (Phi) is 3.89. The summed E-state index contributed by atoms with van der Waals surface area (Å²) in [4.78, 5) is 19.4. The first-order valence-corrected chi connectivity index (χ1v) is 6.90. The molecule has 2 aromatic rings. The lowest BCUT2D eigenvalue weighted by Gasteiger charge is -2.23. The highest BCUT2D eigenvalue weighted by Crippen LogP contribution is 2.28. The zero-order valence-corrected chi connectivity index (χ0v) is 11.8. The van der Waals surface area contributed by atoms with Gasteiger partial charge in [0.05, 0.1) is 12.6 Å². The molecule has 23 heavy (non-hydrogen) atoms. The minimum atomic E-state index is -4.55. The molecule has 1 atom stereocenters. The summed E-state index contributed by atoms with van der Waals surface area (Å²) in [5.41, 5.74) is -1.06. The van der Waals surface area contributed by atoms with Crippen LogP contribution >= 0.6 is 0 Å². The van der Waals surface area contributed by atoms with Gasteiger partial charge in [0.15, 0.2) is 0 Å². The van der Waals surface area contributed by atoms with Gasteiger partial charge in [0, 0.05) is 6.42 Å². The maximum Gasteiger partial charge on any atom is 0.433 e. The van der Waals surface area contributed by atoms with E-state index in [-0.39, 0.29) is 11.9 Å². The number of urea groups is 1. The Morgan fingerprint density at radius 3 is 2.96 bits per heavy atom. The van der Waals surface area contributed by atoms with Gasteiger partial charge in [-0.3, -0.25) is 5.32 Å². The molecule has 0 aliphatic carbocycles. The molecule has 0 saturated carbocycles. The molecule has 2 N–H and O–H groups in total. The van der Waals surface area contributed by atoms with Crippen LogP contribution in [0.15, 0.2) is 24.5 Å². The summed E-state index contributed by atoms with van der Waals surface area (Å²) in [6.07, 6.45) is -1.75. The Morgan fingerprint density at radius 1 is 1.35 bits per heavy atom. The molecule has 0 aromatic carbocycles. The van der Waals surface area contributed by atoms with Gasteiger partial charge in [-0.15, -0.1) is 0 Å². The molecule has 0 bridgehead atoms. The summed E-state index contributed by atoms with van der Waals surface area (Å²) in [5.74, 6) is 0.692. The minimum absolute atomic E-state index is 0.158. The SMILES string of the molecule is O=C(Nc1cccc(C(F)(F)F)n1)NC1CCc2ncnn2C1. The van der Waals surface area contributed by atoms with Crippen molar-refractivity contribution in [3.63, 3.8) is 0 Å². The largest absolute Gasteiger partial charge is 0.433 e. The van der Waals surface area contributed by atoms with Gasteiger partial charge in [0.2, 0.25) is 0 Å². The Labute approximate surface area is 128 Å². The Bertz CT molecular complexity index is 714. The van der Waals surface area contributed by atoms with Crippen LogP contribution in [-0.2, 0) is 19.1 Å². The first-order chi connectivity index (χ1) is 10.9. The monoisotopic (exact) mass is 326 g/mol. The predicted octanol–water partition coefficient (Wildman–Crippen LogP) is 1.83. The number of pyridine rings is 1. The molecule has 1 aliphatic rings. The van der Waals surface area contributed by atoms with Crippen LogP contribution in [0.1, 0.15) is 17.9 Å². The lowest BCUT2D eigenvalue weighted by molar-refractivity contribution is -0.141. The van der Waals surface area contributed by atoms with E-state index in [0.29, 0.717) is 19.4 Å². The quantitative estimate of drug-likeness (QED) is 0.882. The number of anilines is 1. The highest BCUT2D eigenvalue weighted by atomic mass is 19.4. The normalized spacial score (nSPS) is 17.4. The van der Waals surface area contributed by atoms with E-state index in [0.717, 1.165) is 11.9 Å². The highest BCUT2D eigenvalue weighted by Gasteiger charge is 2.32. The number of rotatable bonds is 2. The third kappa shape index (κ3) is 3.58. The molecular formula is C13H13F3N6O. The molecule has 2 amide bonds. The molecule has 1 unspecified atom stereocenters. The number of amides is 2. The Hall–Kier alpha value is -2.65. The summed E-state index contributed by atoms with van der Waals surface area (Å²) < 4.78 is 39.4. The average molecular weight is 326 g/mol. The summed E-state index contributed by atoms with van der Waals surface area (Å²) in [6, 6.07) is 2.55. The maximum absolute atomic E-state index is 12.6. The number of fused-ring (bicyclic) bond motifs is 1. The molecule has 3 rings (SSSR count). The van der Waals surface area contributed by atoms with Crippen molar-refractivity contribution in [2.75, 3.05) is 5.32 Å². The van der Waals surface area contributed by atoms with Crippen LogP contribution in [0, 0.1) is 0 Å². The fourth-order valence-corrected chi connectivity index (χ4v) is 2.36. The fraction of sp³-hybridized carbons (Fsp3) is 0.385. The van der Waals surface area contributed by atoms with Crippen molar-refractivity contribution in [1.29, 1.82) is 0 Å². The van der Waals surface area contributed by atoms with Crippen LogP contribution in [0.2, 0.25) is 0 Å². The number of hydrogen-bond acceptors (Lipinski definition) is 4. The summed E-state index contributed by atoms with van der Waals surface area (Å²) in [7, 11) is 0. The van der Waals surface area contributed by atoms with Crippen LogP contribution < -0.4 is 10.6 Å². The van der Waals surface area contributed by atoms with Crippen LogP contribution in [0.4, 0.5) is 23.8 Å². The first kappa shape index (κ1) is 15.3. The van der Waals surface area contributed by atoms with Crippen molar-refractivity contribution in [2.45, 2.75) is 31.6 Å². The number of alkyl halides is 3. The number of aryl methyl sites for hydroxylation is 1. The number of aromatic nitrogens is 4. The predicted molar refractivity (Wildman–Crippen MR) is 73.5 cm³/mol. The standard InChI is InChI=1S/C13H13F3N6O/c14-13(15,16)9-2-1-3-10(20-9)21-12(23)19-8-4-5-11-17-7-18-22(11)6-8/h1-3,7-8H,4-6H2,(H2,19,20,21,23). The van der Waals surface area contributed by atoms with Crippen molar-refractivity contribution in [2.24, 2.45) is 0 Å². The third-order valence-electron chi connectivity index (χ3n) is 3.42. The Morgan fingerprint density at radius 2 is 2.17 bits per heavy atom. The van der Waals surface area contributed by atoms with Crippen molar-refractivity contribution < 1.29 is 18.0 Å². The molecular weight excluding hydrogens is 313 g/mol. The number of halogens is 3. The van der Waals surface area contributed by atoms with E-state index in [1.807, 2.05) is 0 Å². The fourth-order valence-electron chi connectivity index (χ4n) is 2.36. The van der Waals surface area contributed by atoms with Crippen molar-refractivity contribution in [3.05, 3.63) is 36.0 Å². The van der Waals surface area contributed by atoms with Crippen LogP contribution in [0.5, 0.6) is 0 Å². The van der Waals surface area contributed by atoms with E-state index in [1.54, 1.807) is 4.68 Å². The number of nitrogens with zero attached hydrogens (tertiary/aromatic N) is 4. The maximum atomic E-state index is 12.6. The van der Waals surface area contributed by atoms with E-state index < -0.39 is 17.9 Å². The van der Waals surface area contributed by atoms with Crippen LogP contribution in [0.25, 0.3) is 0 Å². The van der Waals surface area contributed by atoms with E-state index in [9.17, 15) is 18.0 Å². The molecule has 7 nitrogen and oxygen atoms in total. The first-order valence-electron chi connectivity index (χ1n) is 6.90.